The average Bonchev–Trinajstić information content (AvgIpc) is 3.11. The summed E-state index contributed by atoms with van der Waals surface area (Å²) in [4.78, 5) is 31.1. The zero-order valence-corrected chi connectivity index (χ0v) is 16.5. The van der Waals surface area contributed by atoms with Crippen LogP contribution in [0, 0.1) is 5.92 Å². The van der Waals surface area contributed by atoms with Crippen LogP contribution >= 0.6 is 0 Å². The molecule has 2 N–H and O–H groups in total. The molecular formula is C22H31N3O2. The number of likely N-dealkylation sites (tertiary alicyclic amines) is 1. The predicted molar refractivity (Wildman–Crippen MR) is 108 cm³/mol. The van der Waals surface area contributed by atoms with Gasteiger partial charge in [0.15, 0.2) is 0 Å². The number of para-hydroxylation sites is 1. The second kappa shape index (κ2) is 9.07. The minimum absolute atomic E-state index is 0.00444. The molecule has 146 valence electrons. The molecule has 1 atom stereocenters. The monoisotopic (exact) mass is 369 g/mol. The topological polar surface area (TPSA) is 65.2 Å². The first kappa shape index (κ1) is 19.5. The van der Waals surface area contributed by atoms with Crippen molar-refractivity contribution in [3.05, 3.63) is 36.0 Å². The van der Waals surface area contributed by atoms with Crippen LogP contribution in [0.4, 0.5) is 0 Å². The molecular weight excluding hydrogens is 338 g/mol. The quantitative estimate of drug-likeness (QED) is 0.782. The number of benzene rings is 1. The second-order valence-electron chi connectivity index (χ2n) is 7.52. The summed E-state index contributed by atoms with van der Waals surface area (Å²) in [7, 11) is 0. The molecule has 1 aliphatic rings. The van der Waals surface area contributed by atoms with E-state index in [0.717, 1.165) is 55.2 Å². The van der Waals surface area contributed by atoms with Crippen molar-refractivity contribution in [1.82, 2.24) is 15.2 Å². The molecule has 1 aromatic carbocycles. The van der Waals surface area contributed by atoms with E-state index in [2.05, 4.69) is 16.4 Å². The molecule has 2 heterocycles. The number of piperidine rings is 1. The minimum Gasteiger partial charge on any atom is -0.361 e. The fourth-order valence-electron chi connectivity index (χ4n) is 4.00. The smallest absolute Gasteiger partial charge is 0.245 e. The summed E-state index contributed by atoms with van der Waals surface area (Å²) in [5.41, 5.74) is 2.13. The molecule has 0 saturated carbocycles. The maximum absolute atomic E-state index is 13.2. The van der Waals surface area contributed by atoms with Crippen molar-refractivity contribution in [3.63, 3.8) is 0 Å². The number of hydrogen-bond acceptors (Lipinski definition) is 2. The van der Waals surface area contributed by atoms with Gasteiger partial charge in [-0.15, -0.1) is 0 Å². The second-order valence-corrected chi connectivity index (χ2v) is 7.52. The maximum Gasteiger partial charge on any atom is 0.245 e. The Morgan fingerprint density at radius 2 is 1.81 bits per heavy atom. The lowest BCUT2D eigenvalue weighted by Crippen LogP contribution is -2.52. The number of carbonyl (C=O) groups is 2. The number of hydrogen-bond donors (Lipinski definition) is 2. The van der Waals surface area contributed by atoms with Gasteiger partial charge in [0, 0.05) is 42.5 Å². The van der Waals surface area contributed by atoms with Crippen LogP contribution < -0.4 is 5.32 Å². The van der Waals surface area contributed by atoms with Crippen LogP contribution in [0.3, 0.4) is 0 Å². The average molecular weight is 370 g/mol. The van der Waals surface area contributed by atoms with E-state index in [0.29, 0.717) is 6.42 Å². The van der Waals surface area contributed by atoms with E-state index < -0.39 is 6.04 Å². The molecule has 0 bridgehead atoms. The van der Waals surface area contributed by atoms with Crippen molar-refractivity contribution in [3.8, 4) is 0 Å². The highest BCUT2D eigenvalue weighted by Gasteiger charge is 2.29. The molecule has 3 rings (SSSR count). The number of H-pyrrole nitrogens is 1. The Balaban J connectivity index is 1.82. The lowest BCUT2D eigenvalue weighted by Gasteiger charge is -2.31. The largest absolute Gasteiger partial charge is 0.361 e. The molecule has 1 fully saturated rings. The van der Waals surface area contributed by atoms with Gasteiger partial charge < -0.3 is 15.2 Å². The number of amides is 2. The van der Waals surface area contributed by atoms with E-state index in [-0.39, 0.29) is 17.7 Å². The summed E-state index contributed by atoms with van der Waals surface area (Å²) in [6.07, 6.45) is 7.34. The summed E-state index contributed by atoms with van der Waals surface area (Å²) in [6.45, 7) is 5.64. The van der Waals surface area contributed by atoms with Crippen LogP contribution in [0.5, 0.6) is 0 Å². The van der Waals surface area contributed by atoms with Gasteiger partial charge in [-0.05, 0) is 43.7 Å². The Labute approximate surface area is 161 Å². The molecule has 2 amide bonds. The molecule has 0 radical (unpaired) electrons. The molecule has 5 nitrogen and oxygen atoms in total. The van der Waals surface area contributed by atoms with Gasteiger partial charge in [0.25, 0.3) is 0 Å². The van der Waals surface area contributed by atoms with Gasteiger partial charge in [-0.25, -0.2) is 0 Å². The van der Waals surface area contributed by atoms with Crippen molar-refractivity contribution < 1.29 is 9.59 Å². The third-order valence-corrected chi connectivity index (χ3v) is 5.74. The Morgan fingerprint density at radius 1 is 1.11 bits per heavy atom. The Bertz CT molecular complexity index is 773. The van der Waals surface area contributed by atoms with Crippen molar-refractivity contribution in [2.45, 2.75) is 58.4 Å². The molecule has 0 aliphatic carbocycles. The number of nitrogens with zero attached hydrogens (tertiary/aromatic N) is 1. The van der Waals surface area contributed by atoms with Gasteiger partial charge in [-0.2, -0.15) is 0 Å². The van der Waals surface area contributed by atoms with Gasteiger partial charge >= 0.3 is 0 Å². The zero-order valence-electron chi connectivity index (χ0n) is 16.5. The van der Waals surface area contributed by atoms with Gasteiger partial charge in [-0.1, -0.05) is 32.0 Å². The van der Waals surface area contributed by atoms with E-state index >= 15 is 0 Å². The third kappa shape index (κ3) is 4.52. The lowest BCUT2D eigenvalue weighted by molar-refractivity contribution is -0.138. The van der Waals surface area contributed by atoms with Crippen molar-refractivity contribution in [1.29, 1.82) is 0 Å². The van der Waals surface area contributed by atoms with Crippen LogP contribution in [0.1, 0.15) is 51.5 Å². The molecule has 0 unspecified atom stereocenters. The highest BCUT2D eigenvalue weighted by atomic mass is 16.2. The molecule has 2 aromatic rings. The van der Waals surface area contributed by atoms with Crippen LogP contribution in [-0.4, -0.2) is 40.8 Å². The normalized spacial score (nSPS) is 15.9. The summed E-state index contributed by atoms with van der Waals surface area (Å²) in [5.74, 6) is 0.0131. The Hall–Kier alpha value is -2.30. The fourth-order valence-corrected chi connectivity index (χ4v) is 4.00. The van der Waals surface area contributed by atoms with Crippen molar-refractivity contribution in [2.75, 3.05) is 13.1 Å². The van der Waals surface area contributed by atoms with Gasteiger partial charge in [0.1, 0.15) is 6.04 Å². The number of carbonyl (C=O) groups excluding carboxylic acids is 2. The van der Waals surface area contributed by atoms with Crippen LogP contribution in [0.15, 0.2) is 30.5 Å². The van der Waals surface area contributed by atoms with Crippen LogP contribution in [0.25, 0.3) is 10.9 Å². The van der Waals surface area contributed by atoms with E-state index in [4.69, 9.17) is 0 Å². The first-order valence-corrected chi connectivity index (χ1v) is 10.3. The zero-order chi connectivity index (χ0) is 19.2. The van der Waals surface area contributed by atoms with Crippen LogP contribution in [0.2, 0.25) is 0 Å². The third-order valence-electron chi connectivity index (χ3n) is 5.74. The molecule has 0 spiro atoms. The van der Waals surface area contributed by atoms with Crippen LogP contribution in [-0.2, 0) is 16.0 Å². The Kier molecular flexibility index (Phi) is 6.54. The summed E-state index contributed by atoms with van der Waals surface area (Å²) < 4.78 is 0. The molecule has 1 aliphatic heterocycles. The van der Waals surface area contributed by atoms with Crippen molar-refractivity contribution >= 4 is 22.7 Å². The molecule has 1 aromatic heterocycles. The highest BCUT2D eigenvalue weighted by molar-refractivity contribution is 5.90. The standard InChI is InChI=1S/C22H31N3O2/c1-3-16(4-2)21(26)24-20(22(27)25-12-8-5-9-13-25)14-17-15-23-19-11-7-6-10-18(17)19/h6-7,10-11,15-16,20,23H,3-5,8-9,12-14H2,1-2H3,(H,24,26)/t20-/m0/s1. The van der Waals surface area contributed by atoms with Gasteiger partial charge in [0.05, 0.1) is 0 Å². The molecule has 27 heavy (non-hydrogen) atoms. The van der Waals surface area contributed by atoms with E-state index in [1.165, 1.54) is 6.42 Å². The van der Waals surface area contributed by atoms with E-state index in [9.17, 15) is 9.59 Å². The predicted octanol–water partition coefficient (Wildman–Crippen LogP) is 3.64. The highest BCUT2D eigenvalue weighted by Crippen LogP contribution is 2.21. The maximum atomic E-state index is 13.2. The number of nitrogens with one attached hydrogen (secondary N) is 2. The minimum atomic E-state index is -0.504. The van der Waals surface area contributed by atoms with E-state index in [1.807, 2.05) is 43.1 Å². The SMILES string of the molecule is CCC(CC)C(=O)N[C@@H](Cc1c[nH]c2ccccc12)C(=O)N1CCCCC1. The van der Waals surface area contributed by atoms with Gasteiger partial charge in [-0.3, -0.25) is 9.59 Å². The van der Waals surface area contributed by atoms with Crippen molar-refractivity contribution in [2.24, 2.45) is 5.92 Å². The Morgan fingerprint density at radius 3 is 2.52 bits per heavy atom. The summed E-state index contributed by atoms with van der Waals surface area (Å²) in [6, 6.07) is 7.59. The first-order chi connectivity index (χ1) is 13.1. The van der Waals surface area contributed by atoms with E-state index in [1.54, 1.807) is 0 Å². The number of aromatic nitrogens is 1. The molecule has 1 saturated heterocycles. The summed E-state index contributed by atoms with van der Waals surface area (Å²) >= 11 is 0. The summed E-state index contributed by atoms with van der Waals surface area (Å²) in [5, 5.41) is 4.19. The number of rotatable bonds is 7. The number of aromatic amines is 1. The van der Waals surface area contributed by atoms with Gasteiger partial charge in [0.2, 0.25) is 11.8 Å². The first-order valence-electron chi connectivity index (χ1n) is 10.3. The number of fused-ring (bicyclic) bond motifs is 1. The lowest BCUT2D eigenvalue weighted by atomic mass is 9.99. The molecule has 5 heteroatoms. The fraction of sp³-hybridized carbons (Fsp3) is 0.545.